The van der Waals surface area contributed by atoms with Crippen molar-refractivity contribution in [3.05, 3.63) is 120 Å². The van der Waals surface area contributed by atoms with Crippen molar-refractivity contribution in [2.24, 2.45) is 0 Å². The molecule has 0 radical (unpaired) electrons. The Balaban J connectivity index is 1.72. The van der Waals surface area contributed by atoms with Gasteiger partial charge in [0.15, 0.2) is 22.3 Å². The molecule has 0 aliphatic carbocycles. The zero-order chi connectivity index (χ0) is 24.2. The van der Waals surface area contributed by atoms with Crippen LogP contribution in [0, 0.1) is 13.8 Å². The number of benzene rings is 5. The Morgan fingerprint density at radius 3 is 1.61 bits per heavy atom. The Kier molecular flexibility index (Phi) is 4.55. The maximum Gasteiger partial charge on any atom is 0.179 e. The summed E-state index contributed by atoms with van der Waals surface area (Å²) in [6.45, 7) is 4.21. The van der Waals surface area contributed by atoms with Crippen molar-refractivity contribution in [3.63, 3.8) is 0 Å². The van der Waals surface area contributed by atoms with E-state index in [-0.39, 0.29) is 0 Å². The van der Waals surface area contributed by atoms with Gasteiger partial charge in [0.05, 0.1) is 16.6 Å². The summed E-state index contributed by atoms with van der Waals surface area (Å²) in [5, 5.41) is 0. The third kappa shape index (κ3) is 3.15. The molecule has 2 heterocycles. The predicted octanol–water partition coefficient (Wildman–Crippen LogP) is 8.81. The van der Waals surface area contributed by atoms with E-state index in [4.69, 9.17) is 8.83 Å². The Bertz CT molecular complexity index is 1940. The highest BCUT2D eigenvalue weighted by Gasteiger charge is 2.18. The molecular weight excluding hydrogens is 444 g/mol. The summed E-state index contributed by atoms with van der Waals surface area (Å²) in [5.41, 5.74) is 11.6. The average molecular weight is 469 g/mol. The summed E-state index contributed by atoms with van der Waals surface area (Å²) in [6.07, 6.45) is 0. The number of para-hydroxylation sites is 4. The topological polar surface area (TPSA) is 36.1 Å². The fourth-order valence-corrected chi connectivity index (χ4v) is 4.98. The number of nitrogens with zero attached hydrogens (tertiary/aromatic N) is 2. The Labute approximate surface area is 207 Å². The van der Waals surface area contributed by atoms with Crippen LogP contribution in [0.4, 0.5) is 0 Å². The van der Waals surface area contributed by atoms with Crippen molar-refractivity contribution < 1.29 is 8.83 Å². The van der Waals surface area contributed by atoms with Gasteiger partial charge in [-0.2, -0.15) is 0 Å². The van der Waals surface area contributed by atoms with Crippen LogP contribution >= 0.6 is 0 Å². The predicted molar refractivity (Wildman–Crippen MR) is 147 cm³/mol. The second kappa shape index (κ2) is 7.92. The van der Waals surface area contributed by atoms with Crippen molar-refractivity contribution >= 4 is 44.4 Å². The van der Waals surface area contributed by atoms with Gasteiger partial charge >= 0.3 is 0 Å². The standard InChI is InChI=1S/C32H24N2O2/c1-21-11-15-23(16-12-21)33-25-7-3-6-10-29(25)36-32-27(33)19-20-30-31(32)34(24-17-13-22(2)14-18-24)26-8-4-5-9-28(26)35-30/h3-20H,1-2H3. The number of hydrogen-bond acceptors (Lipinski definition) is 2. The molecule has 4 nitrogen and oxygen atoms in total. The lowest BCUT2D eigenvalue weighted by molar-refractivity contribution is 0.639. The van der Waals surface area contributed by atoms with Crippen LogP contribution in [0.15, 0.2) is 118 Å². The summed E-state index contributed by atoms with van der Waals surface area (Å²) in [4.78, 5) is 0. The van der Waals surface area contributed by atoms with Gasteiger partial charge in [-0.25, -0.2) is 0 Å². The molecule has 0 spiro atoms. The fraction of sp³-hybridized carbons (Fsp3) is 0.0625. The number of aromatic nitrogens is 2. The van der Waals surface area contributed by atoms with Gasteiger partial charge in [0, 0.05) is 11.4 Å². The SMILES string of the molecule is Cc1ccc(-n2c3ccccc3oc3c2ccc2oc4ccccc4n(-c4ccc(C)cc4)c23)cc1. The number of aryl methyl sites for hydroxylation is 2. The van der Waals surface area contributed by atoms with Crippen LogP contribution < -0.4 is 0 Å². The minimum absolute atomic E-state index is 0.760. The van der Waals surface area contributed by atoms with Crippen LogP contribution in [0.25, 0.3) is 55.8 Å². The first-order valence-electron chi connectivity index (χ1n) is 12.1. The quantitative estimate of drug-likeness (QED) is 0.188. The molecule has 0 aliphatic rings. The monoisotopic (exact) mass is 468 g/mol. The zero-order valence-electron chi connectivity index (χ0n) is 20.1. The first-order chi connectivity index (χ1) is 17.7. The maximum absolute atomic E-state index is 6.68. The molecule has 4 heteroatoms. The number of hydrogen-bond donors (Lipinski definition) is 0. The van der Waals surface area contributed by atoms with Crippen molar-refractivity contribution in [3.8, 4) is 11.4 Å². The Morgan fingerprint density at radius 2 is 0.972 bits per heavy atom. The lowest BCUT2D eigenvalue weighted by atomic mass is 10.1. The van der Waals surface area contributed by atoms with Crippen LogP contribution in [0.2, 0.25) is 0 Å². The molecule has 7 rings (SSSR count). The molecule has 2 aromatic heterocycles. The van der Waals surface area contributed by atoms with Gasteiger partial charge < -0.3 is 18.0 Å². The second-order valence-corrected chi connectivity index (χ2v) is 9.24. The largest absolute Gasteiger partial charge is 0.453 e. The summed E-state index contributed by atoms with van der Waals surface area (Å²) >= 11 is 0. The molecule has 0 atom stereocenters. The first kappa shape index (κ1) is 20.7. The van der Waals surface area contributed by atoms with E-state index in [2.05, 4.69) is 89.7 Å². The number of fused-ring (bicyclic) bond motifs is 5. The third-order valence-electron chi connectivity index (χ3n) is 6.77. The van der Waals surface area contributed by atoms with E-state index in [0.29, 0.717) is 0 Å². The van der Waals surface area contributed by atoms with Gasteiger partial charge in [-0.05, 0) is 74.5 Å². The van der Waals surface area contributed by atoms with Gasteiger partial charge in [-0.15, -0.1) is 0 Å². The van der Waals surface area contributed by atoms with Crippen LogP contribution in [0.5, 0.6) is 0 Å². The highest BCUT2D eigenvalue weighted by Crippen LogP contribution is 2.36. The van der Waals surface area contributed by atoms with Crippen LogP contribution in [-0.4, -0.2) is 9.13 Å². The van der Waals surface area contributed by atoms with Gasteiger partial charge in [0.1, 0.15) is 5.52 Å². The molecule has 0 bridgehead atoms. The van der Waals surface area contributed by atoms with Crippen LogP contribution in [0.1, 0.15) is 11.1 Å². The molecular formula is C32H24N2O2. The summed E-state index contributed by atoms with van der Waals surface area (Å²) in [7, 11) is 0. The number of rotatable bonds is 2. The van der Waals surface area contributed by atoms with E-state index in [1.807, 2.05) is 42.5 Å². The van der Waals surface area contributed by atoms with Gasteiger partial charge in [-0.1, -0.05) is 59.7 Å². The van der Waals surface area contributed by atoms with E-state index in [0.717, 1.165) is 55.8 Å². The molecule has 0 saturated heterocycles. The highest BCUT2D eigenvalue weighted by atomic mass is 16.3. The molecule has 0 unspecified atom stereocenters. The van der Waals surface area contributed by atoms with Crippen molar-refractivity contribution in [1.29, 1.82) is 0 Å². The molecule has 0 N–H and O–H groups in total. The van der Waals surface area contributed by atoms with E-state index in [1.54, 1.807) is 0 Å². The first-order valence-corrected chi connectivity index (χ1v) is 12.1. The Hall–Kier alpha value is -4.70. The van der Waals surface area contributed by atoms with E-state index >= 15 is 0 Å². The fourth-order valence-electron chi connectivity index (χ4n) is 4.98. The van der Waals surface area contributed by atoms with Gasteiger partial charge in [0.25, 0.3) is 0 Å². The third-order valence-corrected chi connectivity index (χ3v) is 6.77. The van der Waals surface area contributed by atoms with E-state index in [9.17, 15) is 0 Å². The molecule has 5 aromatic carbocycles. The van der Waals surface area contributed by atoms with Crippen molar-refractivity contribution in [2.45, 2.75) is 13.8 Å². The lowest BCUT2D eigenvalue weighted by Crippen LogP contribution is -2.04. The maximum atomic E-state index is 6.68. The minimum Gasteiger partial charge on any atom is -0.453 e. The molecule has 174 valence electrons. The summed E-state index contributed by atoms with van der Waals surface area (Å²) < 4.78 is 17.6. The van der Waals surface area contributed by atoms with E-state index in [1.165, 1.54) is 11.1 Å². The summed E-state index contributed by atoms with van der Waals surface area (Å²) in [5.74, 6) is 0. The molecule has 0 fully saturated rings. The van der Waals surface area contributed by atoms with Crippen molar-refractivity contribution in [1.82, 2.24) is 9.13 Å². The molecule has 0 saturated carbocycles. The molecule has 0 aliphatic heterocycles. The Morgan fingerprint density at radius 1 is 0.444 bits per heavy atom. The highest BCUT2D eigenvalue weighted by molar-refractivity contribution is 6.04. The average Bonchev–Trinajstić information content (AvgIpc) is 2.91. The minimum atomic E-state index is 0.760. The second-order valence-electron chi connectivity index (χ2n) is 9.24. The van der Waals surface area contributed by atoms with Gasteiger partial charge in [-0.3, -0.25) is 0 Å². The van der Waals surface area contributed by atoms with E-state index < -0.39 is 0 Å². The van der Waals surface area contributed by atoms with Gasteiger partial charge in [0.2, 0.25) is 0 Å². The summed E-state index contributed by atoms with van der Waals surface area (Å²) in [6, 6.07) is 37.6. The van der Waals surface area contributed by atoms with Crippen LogP contribution in [-0.2, 0) is 0 Å². The zero-order valence-corrected chi connectivity index (χ0v) is 20.1. The van der Waals surface area contributed by atoms with Crippen LogP contribution in [0.3, 0.4) is 0 Å². The molecule has 7 aromatic rings. The van der Waals surface area contributed by atoms with Crippen molar-refractivity contribution in [2.75, 3.05) is 0 Å². The lowest BCUT2D eigenvalue weighted by Gasteiger charge is -2.19. The molecule has 0 amide bonds. The molecule has 36 heavy (non-hydrogen) atoms. The normalized spacial score (nSPS) is 11.6. The smallest absolute Gasteiger partial charge is 0.179 e.